The summed E-state index contributed by atoms with van der Waals surface area (Å²) in [7, 11) is 0. The second kappa shape index (κ2) is 4.04. The van der Waals surface area contributed by atoms with Gasteiger partial charge in [0.05, 0.1) is 12.1 Å². The molecule has 2 nitrogen and oxygen atoms in total. The van der Waals surface area contributed by atoms with Crippen LogP contribution < -0.4 is 5.32 Å². The molecule has 0 radical (unpaired) electrons. The molecule has 1 rings (SSSR count). The van der Waals surface area contributed by atoms with E-state index in [9.17, 15) is 0 Å². The van der Waals surface area contributed by atoms with Gasteiger partial charge in [0, 0.05) is 12.3 Å². The molecule has 0 saturated heterocycles. The van der Waals surface area contributed by atoms with E-state index in [1.807, 2.05) is 0 Å². The Kier molecular flexibility index (Phi) is 3.27. The highest BCUT2D eigenvalue weighted by Gasteiger charge is 2.25. The zero-order valence-corrected chi connectivity index (χ0v) is 8.43. The van der Waals surface area contributed by atoms with Crippen LogP contribution in [0.3, 0.4) is 0 Å². The van der Waals surface area contributed by atoms with E-state index < -0.39 is 0 Å². The summed E-state index contributed by atoms with van der Waals surface area (Å²) >= 11 is 0. The molecule has 1 N–H and O–H groups in total. The fourth-order valence-electron chi connectivity index (χ4n) is 1.74. The summed E-state index contributed by atoms with van der Waals surface area (Å²) in [4.78, 5) is 4.38. The van der Waals surface area contributed by atoms with E-state index in [0.717, 1.165) is 6.54 Å². The van der Waals surface area contributed by atoms with Crippen LogP contribution in [0, 0.1) is 0 Å². The Morgan fingerprint density at radius 3 is 3.00 bits per heavy atom. The summed E-state index contributed by atoms with van der Waals surface area (Å²) < 4.78 is 0. The lowest BCUT2D eigenvalue weighted by Crippen LogP contribution is -2.52. The van der Waals surface area contributed by atoms with Crippen LogP contribution in [-0.4, -0.2) is 24.3 Å². The zero-order valence-electron chi connectivity index (χ0n) is 8.43. The maximum Gasteiger partial charge on any atom is 0.0537 e. The van der Waals surface area contributed by atoms with Gasteiger partial charge in [0.2, 0.25) is 0 Å². The number of hydrogen-bond acceptors (Lipinski definition) is 2. The first kappa shape index (κ1) is 9.72. The van der Waals surface area contributed by atoms with Gasteiger partial charge in [-0.05, 0) is 20.3 Å². The van der Waals surface area contributed by atoms with Crippen molar-refractivity contribution in [2.75, 3.05) is 6.54 Å². The van der Waals surface area contributed by atoms with Crippen LogP contribution in [0.15, 0.2) is 4.99 Å². The van der Waals surface area contributed by atoms with Gasteiger partial charge in [0.1, 0.15) is 0 Å². The topological polar surface area (TPSA) is 24.4 Å². The largest absolute Gasteiger partial charge is 0.302 e. The molecule has 12 heavy (non-hydrogen) atoms. The SMILES string of the molecule is CCCCC1(C)C=NCC(C)N1. The van der Waals surface area contributed by atoms with E-state index in [-0.39, 0.29) is 5.54 Å². The van der Waals surface area contributed by atoms with Crippen LogP contribution in [0.5, 0.6) is 0 Å². The number of hydrogen-bond donors (Lipinski definition) is 1. The number of unbranched alkanes of at least 4 members (excludes halogenated alkanes) is 1. The van der Waals surface area contributed by atoms with Gasteiger partial charge in [-0.15, -0.1) is 0 Å². The first-order chi connectivity index (χ1) is 5.66. The molecule has 0 fully saturated rings. The predicted molar refractivity (Wildman–Crippen MR) is 53.9 cm³/mol. The van der Waals surface area contributed by atoms with Gasteiger partial charge in [-0.1, -0.05) is 19.8 Å². The van der Waals surface area contributed by atoms with Crippen molar-refractivity contribution in [1.82, 2.24) is 5.32 Å². The van der Waals surface area contributed by atoms with Gasteiger partial charge in [-0.3, -0.25) is 4.99 Å². The van der Waals surface area contributed by atoms with Gasteiger partial charge < -0.3 is 5.32 Å². The predicted octanol–water partition coefficient (Wildman–Crippen LogP) is 2.00. The van der Waals surface area contributed by atoms with Crippen molar-refractivity contribution in [1.29, 1.82) is 0 Å². The Morgan fingerprint density at radius 2 is 2.42 bits per heavy atom. The highest BCUT2D eigenvalue weighted by molar-refractivity contribution is 5.70. The lowest BCUT2D eigenvalue weighted by molar-refractivity contribution is 0.368. The molecular formula is C10H20N2. The minimum Gasteiger partial charge on any atom is -0.302 e. The second-order valence-corrected chi connectivity index (χ2v) is 4.06. The molecule has 2 atom stereocenters. The summed E-state index contributed by atoms with van der Waals surface area (Å²) in [5.41, 5.74) is 0.160. The molecule has 70 valence electrons. The molecular weight excluding hydrogens is 148 g/mol. The molecule has 0 saturated carbocycles. The van der Waals surface area contributed by atoms with Gasteiger partial charge in [-0.2, -0.15) is 0 Å². The van der Waals surface area contributed by atoms with E-state index in [4.69, 9.17) is 0 Å². The first-order valence-corrected chi connectivity index (χ1v) is 4.95. The molecule has 2 heteroatoms. The van der Waals surface area contributed by atoms with Crippen molar-refractivity contribution < 1.29 is 0 Å². The van der Waals surface area contributed by atoms with Crippen molar-refractivity contribution >= 4 is 6.21 Å². The molecule has 1 aliphatic heterocycles. The van der Waals surface area contributed by atoms with Crippen molar-refractivity contribution in [3.05, 3.63) is 0 Å². The highest BCUT2D eigenvalue weighted by Crippen LogP contribution is 2.15. The molecule has 0 aliphatic carbocycles. The molecule has 0 spiro atoms. The highest BCUT2D eigenvalue weighted by atomic mass is 15.1. The standard InChI is InChI=1S/C10H20N2/c1-4-5-6-10(3)8-11-7-9(2)12-10/h8-9,12H,4-7H2,1-3H3. The van der Waals surface area contributed by atoms with Crippen LogP contribution in [0.4, 0.5) is 0 Å². The summed E-state index contributed by atoms with van der Waals surface area (Å²) in [5, 5.41) is 3.58. The van der Waals surface area contributed by atoms with E-state index in [1.54, 1.807) is 0 Å². The van der Waals surface area contributed by atoms with Crippen LogP contribution in [0.2, 0.25) is 0 Å². The summed E-state index contributed by atoms with van der Waals surface area (Å²) in [6.07, 6.45) is 5.84. The van der Waals surface area contributed by atoms with Crippen molar-refractivity contribution in [2.24, 2.45) is 4.99 Å². The smallest absolute Gasteiger partial charge is 0.0537 e. The van der Waals surface area contributed by atoms with Gasteiger partial charge >= 0.3 is 0 Å². The fraction of sp³-hybridized carbons (Fsp3) is 0.900. The van der Waals surface area contributed by atoms with Crippen molar-refractivity contribution in [3.8, 4) is 0 Å². The average Bonchev–Trinajstić information content (AvgIpc) is 2.01. The normalized spacial score (nSPS) is 35.4. The van der Waals surface area contributed by atoms with Crippen LogP contribution in [0.25, 0.3) is 0 Å². The molecule has 2 unspecified atom stereocenters. The third-order valence-electron chi connectivity index (χ3n) is 2.38. The Bertz CT molecular complexity index is 165. The number of rotatable bonds is 3. The third kappa shape index (κ3) is 2.59. The quantitative estimate of drug-likeness (QED) is 0.685. The van der Waals surface area contributed by atoms with E-state index in [1.165, 1.54) is 19.3 Å². The summed E-state index contributed by atoms with van der Waals surface area (Å²) in [6, 6.07) is 0.539. The third-order valence-corrected chi connectivity index (χ3v) is 2.38. The number of nitrogens with one attached hydrogen (secondary N) is 1. The Morgan fingerprint density at radius 1 is 1.67 bits per heavy atom. The number of aliphatic imine (C=N–C) groups is 1. The Balaban J connectivity index is 2.46. The number of nitrogens with zero attached hydrogens (tertiary/aromatic N) is 1. The molecule has 1 aliphatic rings. The van der Waals surface area contributed by atoms with Crippen LogP contribution >= 0.6 is 0 Å². The molecule has 0 aromatic rings. The minimum absolute atomic E-state index is 0.160. The van der Waals surface area contributed by atoms with E-state index >= 15 is 0 Å². The van der Waals surface area contributed by atoms with Crippen LogP contribution in [-0.2, 0) is 0 Å². The molecule has 0 bridgehead atoms. The molecule has 0 aromatic heterocycles. The van der Waals surface area contributed by atoms with Crippen molar-refractivity contribution in [3.63, 3.8) is 0 Å². The van der Waals surface area contributed by atoms with Gasteiger partial charge in [0.15, 0.2) is 0 Å². The Hall–Kier alpha value is -0.370. The second-order valence-electron chi connectivity index (χ2n) is 4.06. The lowest BCUT2D eigenvalue weighted by Gasteiger charge is -2.33. The molecule has 0 aromatic carbocycles. The Labute approximate surface area is 75.5 Å². The maximum atomic E-state index is 4.38. The average molecular weight is 168 g/mol. The van der Waals surface area contributed by atoms with E-state index in [2.05, 4.69) is 37.3 Å². The summed E-state index contributed by atoms with van der Waals surface area (Å²) in [5.74, 6) is 0. The maximum absolute atomic E-state index is 4.38. The van der Waals surface area contributed by atoms with Gasteiger partial charge in [0.25, 0.3) is 0 Å². The first-order valence-electron chi connectivity index (χ1n) is 4.95. The zero-order chi connectivity index (χ0) is 9.03. The minimum atomic E-state index is 0.160. The summed E-state index contributed by atoms with van der Waals surface area (Å²) in [6.45, 7) is 7.59. The van der Waals surface area contributed by atoms with E-state index in [0.29, 0.717) is 6.04 Å². The molecule has 0 amide bonds. The van der Waals surface area contributed by atoms with Crippen molar-refractivity contribution in [2.45, 2.75) is 51.6 Å². The lowest BCUT2D eigenvalue weighted by atomic mass is 9.94. The fourth-order valence-corrected chi connectivity index (χ4v) is 1.74. The molecule has 1 heterocycles. The monoisotopic (exact) mass is 168 g/mol. The van der Waals surface area contributed by atoms with Crippen LogP contribution in [0.1, 0.15) is 40.0 Å². The van der Waals surface area contributed by atoms with Gasteiger partial charge in [-0.25, -0.2) is 0 Å².